The molecule has 1 aromatic heterocycles. The van der Waals surface area contributed by atoms with Crippen molar-refractivity contribution >= 4 is 23.0 Å². The Morgan fingerprint density at radius 1 is 1.67 bits per heavy atom. The molecule has 0 radical (unpaired) electrons. The van der Waals surface area contributed by atoms with Crippen molar-refractivity contribution in [3.63, 3.8) is 0 Å². The zero-order chi connectivity index (χ0) is 11.1. The summed E-state index contributed by atoms with van der Waals surface area (Å²) in [6, 6.07) is 1.73. The van der Waals surface area contributed by atoms with E-state index < -0.39 is 0 Å². The molecular formula is C9H14N4OS. The molecule has 0 aromatic carbocycles. The number of nitrogens with one attached hydrogen (secondary N) is 1. The van der Waals surface area contributed by atoms with Gasteiger partial charge in [-0.2, -0.15) is 5.10 Å². The minimum absolute atomic E-state index is 0.309. The minimum Gasteiger partial charge on any atom is -0.389 e. The third-order valence-electron chi connectivity index (χ3n) is 1.73. The normalized spacial score (nSPS) is 9.93. The Morgan fingerprint density at radius 2 is 2.47 bits per heavy atom. The minimum atomic E-state index is 0.309. The Morgan fingerprint density at radius 3 is 3.13 bits per heavy atom. The zero-order valence-corrected chi connectivity index (χ0v) is 9.38. The van der Waals surface area contributed by atoms with E-state index in [-0.39, 0.29) is 0 Å². The van der Waals surface area contributed by atoms with Gasteiger partial charge in [-0.1, -0.05) is 12.2 Å². The number of thiocarbonyl (C=S) groups is 1. The van der Waals surface area contributed by atoms with Crippen LogP contribution in [0.3, 0.4) is 0 Å². The van der Waals surface area contributed by atoms with Crippen molar-refractivity contribution in [2.24, 2.45) is 5.73 Å². The number of aromatic nitrogens is 2. The lowest BCUT2D eigenvalue weighted by Gasteiger charge is -2.08. The summed E-state index contributed by atoms with van der Waals surface area (Å²) in [4.78, 5) is 0.309. The molecule has 1 aromatic rings. The number of ether oxygens (including phenoxy) is 1. The van der Waals surface area contributed by atoms with Crippen molar-refractivity contribution in [1.82, 2.24) is 10.2 Å². The first-order chi connectivity index (χ1) is 7.25. The summed E-state index contributed by atoms with van der Waals surface area (Å²) < 4.78 is 5.18. The maximum Gasteiger partial charge on any atom is 0.159 e. The van der Waals surface area contributed by atoms with Crippen LogP contribution in [-0.4, -0.2) is 34.9 Å². The van der Waals surface area contributed by atoms with E-state index in [0.717, 1.165) is 0 Å². The van der Waals surface area contributed by atoms with Crippen LogP contribution in [0.25, 0.3) is 0 Å². The van der Waals surface area contributed by atoms with Crippen molar-refractivity contribution in [2.45, 2.75) is 6.92 Å². The zero-order valence-electron chi connectivity index (χ0n) is 8.56. The monoisotopic (exact) mass is 226 g/mol. The van der Waals surface area contributed by atoms with Crippen molar-refractivity contribution in [2.75, 3.05) is 25.1 Å². The standard InChI is InChI=1S/C9H14N4OS/c1-2-14-6-5-11-9-7(8(10)15)3-4-12-13-9/h3-4H,2,5-6H2,1H3,(H2,10,15)(H,11,13). The smallest absolute Gasteiger partial charge is 0.159 e. The molecule has 0 amide bonds. The van der Waals surface area contributed by atoms with E-state index in [0.29, 0.717) is 36.1 Å². The number of nitrogens with zero attached hydrogens (tertiary/aromatic N) is 2. The highest BCUT2D eigenvalue weighted by Gasteiger charge is 2.05. The molecular weight excluding hydrogens is 212 g/mol. The Balaban J connectivity index is 2.56. The second-order valence-electron chi connectivity index (χ2n) is 2.78. The van der Waals surface area contributed by atoms with Gasteiger partial charge in [0.1, 0.15) is 4.99 Å². The molecule has 0 aliphatic carbocycles. The van der Waals surface area contributed by atoms with Crippen LogP contribution in [0.2, 0.25) is 0 Å². The van der Waals surface area contributed by atoms with Crippen LogP contribution in [-0.2, 0) is 4.74 Å². The van der Waals surface area contributed by atoms with Gasteiger partial charge in [-0.05, 0) is 13.0 Å². The quantitative estimate of drug-likeness (QED) is 0.545. The molecule has 0 saturated heterocycles. The lowest BCUT2D eigenvalue weighted by atomic mass is 10.3. The fourth-order valence-electron chi connectivity index (χ4n) is 1.05. The molecule has 0 fully saturated rings. The highest BCUT2D eigenvalue weighted by atomic mass is 32.1. The predicted octanol–water partition coefficient (Wildman–Crippen LogP) is 0.559. The van der Waals surface area contributed by atoms with Gasteiger partial charge in [0.25, 0.3) is 0 Å². The van der Waals surface area contributed by atoms with Gasteiger partial charge in [-0.15, -0.1) is 5.10 Å². The summed E-state index contributed by atoms with van der Waals surface area (Å²) in [5, 5.41) is 10.7. The molecule has 1 rings (SSSR count). The van der Waals surface area contributed by atoms with Crippen LogP contribution in [0.15, 0.2) is 12.3 Å². The average molecular weight is 226 g/mol. The highest BCUT2D eigenvalue weighted by molar-refractivity contribution is 7.80. The van der Waals surface area contributed by atoms with E-state index >= 15 is 0 Å². The molecule has 0 spiro atoms. The van der Waals surface area contributed by atoms with Crippen LogP contribution >= 0.6 is 12.2 Å². The molecule has 0 saturated carbocycles. The first-order valence-corrected chi connectivity index (χ1v) is 5.09. The fraction of sp³-hybridized carbons (Fsp3) is 0.444. The second-order valence-corrected chi connectivity index (χ2v) is 3.22. The molecule has 0 unspecified atom stereocenters. The molecule has 3 N–H and O–H groups in total. The lowest BCUT2D eigenvalue weighted by Crippen LogP contribution is -2.17. The number of anilines is 1. The van der Waals surface area contributed by atoms with Crippen molar-refractivity contribution in [3.8, 4) is 0 Å². The topological polar surface area (TPSA) is 73.1 Å². The van der Waals surface area contributed by atoms with Crippen LogP contribution < -0.4 is 11.1 Å². The maximum absolute atomic E-state index is 5.54. The van der Waals surface area contributed by atoms with Gasteiger partial charge in [0.15, 0.2) is 5.82 Å². The van der Waals surface area contributed by atoms with E-state index in [9.17, 15) is 0 Å². The average Bonchev–Trinajstić information content (AvgIpc) is 2.25. The first kappa shape index (κ1) is 11.8. The third kappa shape index (κ3) is 3.77. The summed E-state index contributed by atoms with van der Waals surface area (Å²) in [6.07, 6.45) is 1.56. The predicted molar refractivity (Wildman–Crippen MR) is 62.9 cm³/mol. The number of hydrogen-bond donors (Lipinski definition) is 2. The number of nitrogens with two attached hydrogens (primary N) is 1. The summed E-state index contributed by atoms with van der Waals surface area (Å²) >= 11 is 4.89. The van der Waals surface area contributed by atoms with E-state index in [1.807, 2.05) is 6.92 Å². The van der Waals surface area contributed by atoms with E-state index in [1.54, 1.807) is 12.3 Å². The van der Waals surface area contributed by atoms with Gasteiger partial charge in [-0.25, -0.2) is 0 Å². The fourth-order valence-corrected chi connectivity index (χ4v) is 1.21. The molecule has 0 aliphatic rings. The molecule has 0 bridgehead atoms. The molecule has 0 aliphatic heterocycles. The van der Waals surface area contributed by atoms with Crippen LogP contribution in [0, 0.1) is 0 Å². The van der Waals surface area contributed by atoms with Crippen LogP contribution in [0.5, 0.6) is 0 Å². The summed E-state index contributed by atoms with van der Waals surface area (Å²) in [6.45, 7) is 3.92. The molecule has 1 heterocycles. The summed E-state index contributed by atoms with van der Waals surface area (Å²) in [7, 11) is 0. The van der Waals surface area contributed by atoms with Gasteiger partial charge in [0.05, 0.1) is 18.4 Å². The van der Waals surface area contributed by atoms with Crippen molar-refractivity contribution in [3.05, 3.63) is 17.8 Å². The summed E-state index contributed by atoms with van der Waals surface area (Å²) in [5.41, 5.74) is 6.24. The highest BCUT2D eigenvalue weighted by Crippen LogP contribution is 2.08. The Kier molecular flexibility index (Phi) is 4.92. The van der Waals surface area contributed by atoms with Crippen LogP contribution in [0.1, 0.15) is 12.5 Å². The molecule has 5 nitrogen and oxygen atoms in total. The molecule has 82 valence electrons. The first-order valence-electron chi connectivity index (χ1n) is 4.68. The summed E-state index contributed by atoms with van der Waals surface area (Å²) in [5.74, 6) is 0.602. The largest absolute Gasteiger partial charge is 0.389 e. The van der Waals surface area contributed by atoms with E-state index in [2.05, 4.69) is 15.5 Å². The molecule has 6 heteroatoms. The van der Waals surface area contributed by atoms with Crippen molar-refractivity contribution < 1.29 is 4.74 Å². The van der Waals surface area contributed by atoms with Crippen molar-refractivity contribution in [1.29, 1.82) is 0 Å². The molecule has 15 heavy (non-hydrogen) atoms. The molecule has 0 atom stereocenters. The van der Waals surface area contributed by atoms with Crippen LogP contribution in [0.4, 0.5) is 5.82 Å². The van der Waals surface area contributed by atoms with Gasteiger partial charge >= 0.3 is 0 Å². The maximum atomic E-state index is 5.54. The van der Waals surface area contributed by atoms with E-state index in [4.69, 9.17) is 22.7 Å². The number of hydrogen-bond acceptors (Lipinski definition) is 5. The third-order valence-corrected chi connectivity index (χ3v) is 1.95. The van der Waals surface area contributed by atoms with Gasteiger partial charge < -0.3 is 15.8 Å². The van der Waals surface area contributed by atoms with Gasteiger partial charge in [-0.3, -0.25) is 0 Å². The Bertz CT molecular complexity index is 332. The SMILES string of the molecule is CCOCCNc1nnccc1C(N)=S. The number of rotatable bonds is 6. The van der Waals surface area contributed by atoms with E-state index in [1.165, 1.54) is 0 Å². The van der Waals surface area contributed by atoms with Gasteiger partial charge in [0.2, 0.25) is 0 Å². The van der Waals surface area contributed by atoms with Gasteiger partial charge in [0, 0.05) is 13.2 Å². The Hall–Kier alpha value is -1.27. The lowest BCUT2D eigenvalue weighted by molar-refractivity contribution is 0.158. The second kappa shape index (κ2) is 6.26. The Labute approximate surface area is 94.0 Å².